The SMILES string of the molecule is CCN(CC)C(=O)c1ccccc1SCC(=O)N1CCc2ccccc21. The molecule has 2 amide bonds. The van der Waals surface area contributed by atoms with E-state index in [2.05, 4.69) is 6.07 Å². The average molecular weight is 369 g/mol. The minimum absolute atomic E-state index is 0.0251. The van der Waals surface area contributed by atoms with E-state index in [9.17, 15) is 9.59 Å². The first-order valence-corrected chi connectivity index (χ1v) is 10.0. The smallest absolute Gasteiger partial charge is 0.254 e. The van der Waals surface area contributed by atoms with Crippen LogP contribution in [0.5, 0.6) is 0 Å². The highest BCUT2D eigenvalue weighted by atomic mass is 32.2. The molecule has 0 bridgehead atoms. The lowest BCUT2D eigenvalue weighted by molar-refractivity contribution is -0.116. The summed E-state index contributed by atoms with van der Waals surface area (Å²) in [6, 6.07) is 15.6. The third-order valence-corrected chi connectivity index (χ3v) is 5.77. The highest BCUT2D eigenvalue weighted by molar-refractivity contribution is 8.00. The second kappa shape index (κ2) is 8.41. The molecule has 0 atom stereocenters. The first-order valence-electron chi connectivity index (χ1n) is 9.05. The van der Waals surface area contributed by atoms with Gasteiger partial charge < -0.3 is 9.80 Å². The summed E-state index contributed by atoms with van der Waals surface area (Å²) in [5.41, 5.74) is 2.92. The lowest BCUT2D eigenvalue weighted by atomic mass is 10.2. The Morgan fingerprint density at radius 1 is 1.04 bits per heavy atom. The van der Waals surface area contributed by atoms with Crippen molar-refractivity contribution >= 4 is 29.3 Å². The van der Waals surface area contributed by atoms with Crippen molar-refractivity contribution in [2.75, 3.05) is 30.3 Å². The van der Waals surface area contributed by atoms with Gasteiger partial charge in [0.25, 0.3) is 5.91 Å². The number of carbonyl (C=O) groups excluding carboxylic acids is 2. The maximum atomic E-state index is 12.7. The Hall–Kier alpha value is -2.27. The highest BCUT2D eigenvalue weighted by Crippen LogP contribution is 2.30. The van der Waals surface area contributed by atoms with E-state index in [4.69, 9.17) is 0 Å². The summed E-state index contributed by atoms with van der Waals surface area (Å²) in [5, 5.41) is 0. The van der Waals surface area contributed by atoms with Gasteiger partial charge in [0.15, 0.2) is 0 Å². The Morgan fingerprint density at radius 2 is 1.73 bits per heavy atom. The van der Waals surface area contributed by atoms with Crippen molar-refractivity contribution < 1.29 is 9.59 Å². The van der Waals surface area contributed by atoms with Crippen LogP contribution in [-0.4, -0.2) is 42.1 Å². The van der Waals surface area contributed by atoms with Crippen LogP contribution in [0.15, 0.2) is 53.4 Å². The standard InChI is InChI=1S/C21H24N2O2S/c1-3-22(4-2)21(25)17-10-6-8-12-19(17)26-15-20(24)23-14-13-16-9-5-7-11-18(16)23/h5-12H,3-4,13-15H2,1-2H3. The van der Waals surface area contributed by atoms with Crippen molar-refractivity contribution in [3.63, 3.8) is 0 Å². The lowest BCUT2D eigenvalue weighted by Gasteiger charge is -2.21. The van der Waals surface area contributed by atoms with E-state index in [-0.39, 0.29) is 11.8 Å². The quantitative estimate of drug-likeness (QED) is 0.727. The van der Waals surface area contributed by atoms with E-state index in [0.717, 1.165) is 23.5 Å². The molecule has 0 unspecified atom stereocenters. The van der Waals surface area contributed by atoms with Crippen LogP contribution in [-0.2, 0) is 11.2 Å². The molecular weight excluding hydrogens is 344 g/mol. The van der Waals surface area contributed by atoms with Gasteiger partial charge in [-0.3, -0.25) is 9.59 Å². The molecule has 4 nitrogen and oxygen atoms in total. The Balaban J connectivity index is 1.71. The molecule has 0 aliphatic carbocycles. The van der Waals surface area contributed by atoms with Crippen LogP contribution in [0.3, 0.4) is 0 Å². The Bertz CT molecular complexity index is 802. The lowest BCUT2D eigenvalue weighted by Crippen LogP contribution is -2.31. The first-order chi connectivity index (χ1) is 12.7. The van der Waals surface area contributed by atoms with Gasteiger partial charge in [0.05, 0.1) is 11.3 Å². The number of benzene rings is 2. The summed E-state index contributed by atoms with van der Waals surface area (Å²) in [7, 11) is 0. The summed E-state index contributed by atoms with van der Waals surface area (Å²) in [4.78, 5) is 30.0. The third-order valence-electron chi connectivity index (χ3n) is 4.71. The van der Waals surface area contributed by atoms with Gasteiger partial charge in [-0.15, -0.1) is 11.8 Å². The van der Waals surface area contributed by atoms with Gasteiger partial charge >= 0.3 is 0 Å². The van der Waals surface area contributed by atoms with Crippen LogP contribution in [0.1, 0.15) is 29.8 Å². The molecule has 26 heavy (non-hydrogen) atoms. The maximum absolute atomic E-state index is 12.7. The number of hydrogen-bond donors (Lipinski definition) is 0. The van der Waals surface area contributed by atoms with Gasteiger partial charge in [-0.2, -0.15) is 0 Å². The van der Waals surface area contributed by atoms with Gasteiger partial charge in [-0.1, -0.05) is 30.3 Å². The molecule has 2 aromatic rings. The van der Waals surface area contributed by atoms with E-state index in [1.807, 2.05) is 61.2 Å². The predicted octanol–water partition coefficient (Wildman–Crippen LogP) is 3.85. The number of carbonyl (C=O) groups is 2. The Labute approximate surface area is 159 Å². The second-order valence-corrected chi connectivity index (χ2v) is 7.20. The monoisotopic (exact) mass is 368 g/mol. The number of rotatable bonds is 6. The zero-order chi connectivity index (χ0) is 18.5. The number of hydrogen-bond acceptors (Lipinski definition) is 3. The zero-order valence-electron chi connectivity index (χ0n) is 15.3. The van der Waals surface area contributed by atoms with Crippen LogP contribution in [0, 0.1) is 0 Å². The van der Waals surface area contributed by atoms with Crippen LogP contribution >= 0.6 is 11.8 Å². The van der Waals surface area contributed by atoms with Crippen molar-refractivity contribution in [2.24, 2.45) is 0 Å². The van der Waals surface area contributed by atoms with E-state index in [0.29, 0.717) is 24.4 Å². The number of fused-ring (bicyclic) bond motifs is 1. The van der Waals surface area contributed by atoms with Gasteiger partial charge in [0.2, 0.25) is 5.91 Å². The molecule has 0 N–H and O–H groups in total. The molecule has 3 rings (SSSR count). The van der Waals surface area contributed by atoms with E-state index >= 15 is 0 Å². The van der Waals surface area contributed by atoms with Crippen LogP contribution < -0.4 is 4.90 Å². The summed E-state index contributed by atoms with van der Waals surface area (Å²) < 4.78 is 0. The molecule has 2 aromatic carbocycles. The molecule has 0 spiro atoms. The fourth-order valence-electron chi connectivity index (χ4n) is 3.27. The van der Waals surface area contributed by atoms with Crippen molar-refractivity contribution in [1.82, 2.24) is 4.90 Å². The maximum Gasteiger partial charge on any atom is 0.254 e. The normalized spacial score (nSPS) is 12.8. The summed E-state index contributed by atoms with van der Waals surface area (Å²) in [5.74, 6) is 0.443. The fourth-order valence-corrected chi connectivity index (χ4v) is 4.19. The van der Waals surface area contributed by atoms with Crippen molar-refractivity contribution in [2.45, 2.75) is 25.2 Å². The molecule has 5 heteroatoms. The Morgan fingerprint density at radius 3 is 2.50 bits per heavy atom. The zero-order valence-corrected chi connectivity index (χ0v) is 16.1. The fraction of sp³-hybridized carbons (Fsp3) is 0.333. The predicted molar refractivity (Wildman–Crippen MR) is 107 cm³/mol. The Kier molecular flexibility index (Phi) is 5.99. The van der Waals surface area contributed by atoms with Gasteiger partial charge in [0, 0.05) is 30.2 Å². The molecular formula is C21H24N2O2S. The third kappa shape index (κ3) is 3.78. The van der Waals surface area contributed by atoms with E-state index in [1.165, 1.54) is 17.3 Å². The molecule has 0 aromatic heterocycles. The van der Waals surface area contributed by atoms with Crippen LogP contribution in [0.25, 0.3) is 0 Å². The molecule has 1 aliphatic heterocycles. The van der Waals surface area contributed by atoms with Gasteiger partial charge in [0.1, 0.15) is 0 Å². The molecule has 136 valence electrons. The highest BCUT2D eigenvalue weighted by Gasteiger charge is 2.24. The summed E-state index contributed by atoms with van der Waals surface area (Å²) in [6.07, 6.45) is 0.906. The summed E-state index contributed by atoms with van der Waals surface area (Å²) in [6.45, 7) is 6.05. The number of nitrogens with zero attached hydrogens (tertiary/aromatic N) is 2. The molecule has 1 heterocycles. The average Bonchev–Trinajstić information content (AvgIpc) is 3.11. The number of thioether (sulfide) groups is 1. The number of amides is 2. The van der Waals surface area contributed by atoms with Gasteiger partial charge in [-0.05, 0) is 44.0 Å². The molecule has 1 aliphatic rings. The van der Waals surface area contributed by atoms with Crippen molar-refractivity contribution in [1.29, 1.82) is 0 Å². The first kappa shape index (κ1) is 18.5. The van der Waals surface area contributed by atoms with E-state index < -0.39 is 0 Å². The van der Waals surface area contributed by atoms with Crippen molar-refractivity contribution in [3.05, 3.63) is 59.7 Å². The van der Waals surface area contributed by atoms with E-state index in [1.54, 1.807) is 4.90 Å². The van der Waals surface area contributed by atoms with Crippen LogP contribution in [0.4, 0.5) is 5.69 Å². The van der Waals surface area contributed by atoms with Crippen LogP contribution in [0.2, 0.25) is 0 Å². The summed E-state index contributed by atoms with van der Waals surface area (Å²) >= 11 is 1.44. The molecule has 0 radical (unpaired) electrons. The molecule has 0 saturated carbocycles. The van der Waals surface area contributed by atoms with Gasteiger partial charge in [-0.25, -0.2) is 0 Å². The minimum Gasteiger partial charge on any atom is -0.339 e. The number of anilines is 1. The number of para-hydroxylation sites is 1. The topological polar surface area (TPSA) is 40.6 Å². The van der Waals surface area contributed by atoms with Crippen molar-refractivity contribution in [3.8, 4) is 0 Å². The molecule has 0 fully saturated rings. The minimum atomic E-state index is 0.0251. The largest absolute Gasteiger partial charge is 0.339 e. The molecule has 0 saturated heterocycles. The second-order valence-electron chi connectivity index (χ2n) is 6.19.